The molecule has 2 amide bonds. The van der Waals surface area contributed by atoms with Gasteiger partial charge in [-0.25, -0.2) is 4.90 Å². The second-order valence-corrected chi connectivity index (χ2v) is 8.65. The number of hydrogen-bond acceptors (Lipinski definition) is 4. The van der Waals surface area contributed by atoms with Crippen molar-refractivity contribution in [3.05, 3.63) is 95.7 Å². The van der Waals surface area contributed by atoms with E-state index < -0.39 is 0 Å². The fourth-order valence-electron chi connectivity index (χ4n) is 3.98. The molecule has 1 heterocycles. The summed E-state index contributed by atoms with van der Waals surface area (Å²) in [6, 6.07) is 24.4. The summed E-state index contributed by atoms with van der Waals surface area (Å²) in [7, 11) is 0. The van der Waals surface area contributed by atoms with Gasteiger partial charge in [-0.15, -0.1) is 0 Å². The van der Waals surface area contributed by atoms with Crippen molar-refractivity contribution in [1.82, 2.24) is 0 Å². The lowest BCUT2D eigenvalue weighted by Gasteiger charge is -2.16. The Morgan fingerprint density at radius 3 is 2.15 bits per heavy atom. The molecule has 0 saturated heterocycles. The summed E-state index contributed by atoms with van der Waals surface area (Å²) in [5, 5.41) is 3.20. The largest absolute Gasteiger partial charge is 0.491 e. The molecule has 0 radical (unpaired) electrons. The van der Waals surface area contributed by atoms with Gasteiger partial charge in [0.2, 0.25) is 0 Å². The molecule has 0 atom stereocenters. The van der Waals surface area contributed by atoms with Crippen LogP contribution in [-0.4, -0.2) is 17.9 Å². The molecule has 1 aliphatic heterocycles. The molecule has 1 aliphatic rings. The Kier molecular flexibility index (Phi) is 7.12. The summed E-state index contributed by atoms with van der Waals surface area (Å²) in [5.41, 5.74) is 3.80. The molecule has 174 valence electrons. The topological polar surface area (TPSA) is 58.6 Å². The highest BCUT2D eigenvalue weighted by atomic mass is 16.5. The van der Waals surface area contributed by atoms with Gasteiger partial charge in [0.1, 0.15) is 11.4 Å². The second kappa shape index (κ2) is 10.4. The minimum absolute atomic E-state index is 0.0714. The zero-order valence-electron chi connectivity index (χ0n) is 19.9. The summed E-state index contributed by atoms with van der Waals surface area (Å²) in [5.74, 6) is 0.0452. The van der Waals surface area contributed by atoms with Gasteiger partial charge in [0.15, 0.2) is 0 Å². The number of rotatable bonds is 9. The third-order valence-electron chi connectivity index (χ3n) is 5.66. The van der Waals surface area contributed by atoms with E-state index in [2.05, 4.69) is 12.2 Å². The third kappa shape index (κ3) is 5.04. The lowest BCUT2D eigenvalue weighted by molar-refractivity contribution is -0.120. The summed E-state index contributed by atoms with van der Waals surface area (Å²) >= 11 is 0. The van der Waals surface area contributed by atoms with E-state index >= 15 is 0 Å². The fraction of sp³-hybridized carbons (Fsp3) is 0.241. The van der Waals surface area contributed by atoms with Gasteiger partial charge in [-0.3, -0.25) is 9.59 Å². The molecule has 4 rings (SSSR count). The van der Waals surface area contributed by atoms with Crippen LogP contribution in [0, 0.1) is 0 Å². The second-order valence-electron chi connectivity index (χ2n) is 8.65. The molecule has 3 aromatic carbocycles. The highest BCUT2D eigenvalue weighted by Gasteiger charge is 2.40. The zero-order valence-corrected chi connectivity index (χ0v) is 19.9. The first-order valence-corrected chi connectivity index (χ1v) is 11.8. The Bertz CT molecular complexity index is 1180. The number of aryl methyl sites for hydroxylation is 1. The summed E-state index contributed by atoms with van der Waals surface area (Å²) in [6.07, 6.45) is 3.28. The van der Waals surface area contributed by atoms with E-state index in [0.717, 1.165) is 25.0 Å². The van der Waals surface area contributed by atoms with Crippen molar-refractivity contribution in [3.8, 4) is 5.75 Å². The molecule has 34 heavy (non-hydrogen) atoms. The number of hydrogen-bond donors (Lipinski definition) is 1. The van der Waals surface area contributed by atoms with Crippen LogP contribution in [0.4, 0.5) is 11.4 Å². The average molecular weight is 455 g/mol. The number of carbonyl (C=O) groups excluding carboxylic acids is 2. The van der Waals surface area contributed by atoms with Crippen LogP contribution in [0.5, 0.6) is 5.75 Å². The Morgan fingerprint density at radius 1 is 0.853 bits per heavy atom. The fourth-order valence-corrected chi connectivity index (χ4v) is 3.98. The van der Waals surface area contributed by atoms with Gasteiger partial charge in [0.25, 0.3) is 11.8 Å². The van der Waals surface area contributed by atoms with Crippen molar-refractivity contribution in [1.29, 1.82) is 0 Å². The van der Waals surface area contributed by atoms with E-state index in [1.165, 1.54) is 10.5 Å². The van der Waals surface area contributed by atoms with E-state index in [0.29, 0.717) is 22.5 Å². The number of unbranched alkanes of at least 4 members (excludes halogenated alkanes) is 1. The Morgan fingerprint density at radius 2 is 1.53 bits per heavy atom. The lowest BCUT2D eigenvalue weighted by Crippen LogP contribution is -2.32. The van der Waals surface area contributed by atoms with Gasteiger partial charge < -0.3 is 10.1 Å². The number of benzene rings is 3. The van der Waals surface area contributed by atoms with Crippen LogP contribution in [0.15, 0.2) is 84.6 Å². The Hall–Kier alpha value is -3.86. The van der Waals surface area contributed by atoms with Gasteiger partial charge in [0, 0.05) is 5.69 Å². The molecule has 0 aromatic heterocycles. The van der Waals surface area contributed by atoms with Crippen LogP contribution < -0.4 is 15.0 Å². The number of carbonyl (C=O) groups is 2. The normalized spacial score (nSPS) is 13.7. The molecule has 0 bridgehead atoms. The molecule has 5 nitrogen and oxygen atoms in total. The monoisotopic (exact) mass is 454 g/mol. The maximum absolute atomic E-state index is 13.5. The van der Waals surface area contributed by atoms with Crippen molar-refractivity contribution in [2.45, 2.75) is 46.1 Å². The standard InChI is InChI=1S/C29H30N2O3/c1-4-5-9-21-12-16-24(17-13-21)31-28(32)26(22-10-7-6-8-11-22)27(29(31)33)30-23-14-18-25(19-15-23)34-20(2)3/h6-8,10-20,30H,4-5,9H2,1-3H3. The SMILES string of the molecule is CCCCc1ccc(N2C(=O)C(Nc3ccc(OC(C)C)cc3)=C(c3ccccc3)C2=O)cc1. The van der Waals surface area contributed by atoms with E-state index in [-0.39, 0.29) is 23.6 Å². The minimum Gasteiger partial charge on any atom is -0.491 e. The molecule has 3 aromatic rings. The van der Waals surface area contributed by atoms with Gasteiger partial charge in [-0.05, 0) is 74.2 Å². The highest BCUT2D eigenvalue weighted by molar-refractivity contribution is 6.46. The molecule has 5 heteroatoms. The van der Waals surface area contributed by atoms with E-state index in [4.69, 9.17) is 4.74 Å². The maximum Gasteiger partial charge on any atom is 0.282 e. The number of amides is 2. The average Bonchev–Trinajstić information content (AvgIpc) is 3.08. The van der Waals surface area contributed by atoms with Crippen LogP contribution in [0.25, 0.3) is 5.57 Å². The summed E-state index contributed by atoms with van der Waals surface area (Å²) in [4.78, 5) is 28.3. The van der Waals surface area contributed by atoms with Crippen LogP contribution in [0.3, 0.4) is 0 Å². The molecule has 0 aliphatic carbocycles. The van der Waals surface area contributed by atoms with Crippen molar-refractivity contribution < 1.29 is 14.3 Å². The van der Waals surface area contributed by atoms with Crippen molar-refractivity contribution >= 4 is 28.8 Å². The number of ether oxygens (including phenoxy) is 1. The molecular formula is C29H30N2O3. The molecule has 0 saturated carbocycles. The molecular weight excluding hydrogens is 424 g/mol. The minimum atomic E-state index is -0.368. The smallest absolute Gasteiger partial charge is 0.282 e. The van der Waals surface area contributed by atoms with Crippen molar-refractivity contribution in [2.24, 2.45) is 0 Å². The van der Waals surface area contributed by atoms with Crippen molar-refractivity contribution in [2.75, 3.05) is 10.2 Å². The summed E-state index contributed by atoms with van der Waals surface area (Å²) < 4.78 is 5.71. The number of nitrogens with one attached hydrogen (secondary N) is 1. The van der Waals surface area contributed by atoms with Gasteiger partial charge >= 0.3 is 0 Å². The van der Waals surface area contributed by atoms with Crippen LogP contribution in [0.2, 0.25) is 0 Å². The van der Waals surface area contributed by atoms with E-state index in [1.807, 2.05) is 92.7 Å². The van der Waals surface area contributed by atoms with Gasteiger partial charge in [0.05, 0.1) is 17.4 Å². The molecule has 1 N–H and O–H groups in total. The number of nitrogens with zero attached hydrogens (tertiary/aromatic N) is 1. The maximum atomic E-state index is 13.5. The first kappa shape index (κ1) is 23.3. The predicted octanol–water partition coefficient (Wildman–Crippen LogP) is 6.21. The first-order chi connectivity index (χ1) is 16.5. The quantitative estimate of drug-likeness (QED) is 0.390. The number of imide groups is 1. The molecule has 0 unspecified atom stereocenters. The number of anilines is 2. The zero-order chi connectivity index (χ0) is 24.1. The first-order valence-electron chi connectivity index (χ1n) is 11.8. The third-order valence-corrected chi connectivity index (χ3v) is 5.66. The van der Waals surface area contributed by atoms with E-state index in [9.17, 15) is 9.59 Å². The van der Waals surface area contributed by atoms with Crippen LogP contribution in [-0.2, 0) is 16.0 Å². The van der Waals surface area contributed by atoms with Crippen molar-refractivity contribution in [3.63, 3.8) is 0 Å². The Labute approximate surface area is 201 Å². The summed E-state index contributed by atoms with van der Waals surface area (Å²) in [6.45, 7) is 6.10. The molecule has 0 fully saturated rings. The van der Waals surface area contributed by atoms with Crippen LogP contribution in [0.1, 0.15) is 44.7 Å². The molecule has 0 spiro atoms. The van der Waals surface area contributed by atoms with Gasteiger partial charge in [-0.2, -0.15) is 0 Å². The van der Waals surface area contributed by atoms with Gasteiger partial charge in [-0.1, -0.05) is 55.8 Å². The van der Waals surface area contributed by atoms with Crippen LogP contribution >= 0.6 is 0 Å². The lowest BCUT2D eigenvalue weighted by atomic mass is 10.0. The van der Waals surface area contributed by atoms with E-state index in [1.54, 1.807) is 0 Å². The highest BCUT2D eigenvalue weighted by Crippen LogP contribution is 2.34. The predicted molar refractivity (Wildman–Crippen MR) is 137 cm³/mol. The Balaban J connectivity index is 1.66.